The average Bonchev–Trinajstić information content (AvgIpc) is 2.50. The fraction of sp³-hybridized carbons (Fsp3) is 0.188. The number of hydrogen-bond donors (Lipinski definition) is 0. The van der Waals surface area contributed by atoms with Gasteiger partial charge in [-0.3, -0.25) is 15.1 Å². The molecule has 0 heterocycles. The summed E-state index contributed by atoms with van der Waals surface area (Å²) in [5, 5.41) is 17.1. The van der Waals surface area contributed by atoms with E-state index in [4.69, 9.17) is 0 Å². The Kier molecular flexibility index (Phi) is 4.66. The van der Waals surface area contributed by atoms with Crippen molar-refractivity contribution >= 4 is 17.6 Å². The first-order valence-corrected chi connectivity index (χ1v) is 6.73. The highest BCUT2D eigenvalue weighted by Gasteiger charge is 2.10. The van der Waals surface area contributed by atoms with E-state index in [1.807, 2.05) is 38.1 Å². The molecule has 0 N–H and O–H groups in total. The summed E-state index contributed by atoms with van der Waals surface area (Å²) in [4.78, 5) is 10.6. The summed E-state index contributed by atoms with van der Waals surface area (Å²) in [6.07, 6.45) is 1.53. The molecule has 2 rings (SSSR count). The molecule has 0 saturated carbocycles. The van der Waals surface area contributed by atoms with E-state index in [2.05, 4.69) is 5.10 Å². The van der Waals surface area contributed by atoms with Gasteiger partial charge in [-0.05, 0) is 32.0 Å². The van der Waals surface area contributed by atoms with Crippen molar-refractivity contribution in [2.24, 2.45) is 5.10 Å². The van der Waals surface area contributed by atoms with Crippen LogP contribution in [0, 0.1) is 17.0 Å². The zero-order valence-corrected chi connectivity index (χ0v) is 12.1. The summed E-state index contributed by atoms with van der Waals surface area (Å²) < 4.78 is 0. The van der Waals surface area contributed by atoms with Gasteiger partial charge < -0.3 is 0 Å². The third-order valence-electron chi connectivity index (χ3n) is 3.10. The maximum Gasteiger partial charge on any atom is 0.278 e. The molecule has 0 fully saturated rings. The second-order valence-electron chi connectivity index (χ2n) is 4.61. The highest BCUT2D eigenvalue weighted by atomic mass is 16.6. The van der Waals surface area contributed by atoms with Gasteiger partial charge in [0.15, 0.2) is 0 Å². The minimum Gasteiger partial charge on any atom is -0.266 e. The quantitative estimate of drug-likeness (QED) is 0.477. The minimum absolute atomic E-state index is 0.0567. The molecule has 5 nitrogen and oxygen atoms in total. The van der Waals surface area contributed by atoms with Crippen molar-refractivity contribution < 1.29 is 4.92 Å². The van der Waals surface area contributed by atoms with Gasteiger partial charge in [0.05, 0.1) is 22.4 Å². The van der Waals surface area contributed by atoms with Crippen LogP contribution in [0.2, 0.25) is 0 Å². The number of benzene rings is 2. The zero-order valence-electron chi connectivity index (χ0n) is 12.1. The Morgan fingerprint density at radius 1 is 1.19 bits per heavy atom. The van der Waals surface area contributed by atoms with Crippen molar-refractivity contribution in [1.82, 2.24) is 0 Å². The van der Waals surface area contributed by atoms with E-state index in [0.717, 1.165) is 5.69 Å². The molecule has 21 heavy (non-hydrogen) atoms. The Labute approximate surface area is 123 Å². The molecule has 5 heteroatoms. The lowest BCUT2D eigenvalue weighted by atomic mass is 10.2. The number of rotatable bonds is 5. The van der Waals surface area contributed by atoms with Crippen LogP contribution in [0.5, 0.6) is 0 Å². The lowest BCUT2D eigenvalue weighted by Crippen LogP contribution is -2.15. The first-order chi connectivity index (χ1) is 10.1. The topological polar surface area (TPSA) is 58.7 Å². The van der Waals surface area contributed by atoms with Crippen molar-refractivity contribution in [3.63, 3.8) is 0 Å². The van der Waals surface area contributed by atoms with Gasteiger partial charge in [-0.2, -0.15) is 5.10 Å². The second-order valence-corrected chi connectivity index (χ2v) is 4.61. The first-order valence-electron chi connectivity index (χ1n) is 6.73. The summed E-state index contributed by atoms with van der Waals surface area (Å²) in [5.74, 6) is 0. The largest absolute Gasteiger partial charge is 0.278 e. The second kappa shape index (κ2) is 6.65. The molecule has 0 saturated heterocycles. The van der Waals surface area contributed by atoms with Gasteiger partial charge in [0.1, 0.15) is 0 Å². The van der Waals surface area contributed by atoms with Gasteiger partial charge in [-0.1, -0.05) is 29.8 Å². The van der Waals surface area contributed by atoms with Crippen LogP contribution in [0.3, 0.4) is 0 Å². The maximum absolute atomic E-state index is 11.0. The summed E-state index contributed by atoms with van der Waals surface area (Å²) in [6, 6.07) is 14.6. The van der Waals surface area contributed by atoms with Crippen LogP contribution in [0.15, 0.2) is 53.6 Å². The van der Waals surface area contributed by atoms with Crippen LogP contribution in [-0.2, 0) is 0 Å². The minimum atomic E-state index is -0.399. The zero-order chi connectivity index (χ0) is 15.2. The molecule has 108 valence electrons. The van der Waals surface area contributed by atoms with Crippen molar-refractivity contribution in [2.75, 3.05) is 11.6 Å². The normalized spacial score (nSPS) is 10.8. The van der Waals surface area contributed by atoms with Crippen LogP contribution in [0.25, 0.3) is 0 Å². The molecule has 0 aromatic heterocycles. The van der Waals surface area contributed by atoms with E-state index in [9.17, 15) is 10.1 Å². The molecule has 0 amide bonds. The maximum atomic E-state index is 11.0. The van der Waals surface area contributed by atoms with E-state index in [0.29, 0.717) is 12.1 Å². The molecule has 0 aliphatic heterocycles. The molecule has 0 spiro atoms. The summed E-state index contributed by atoms with van der Waals surface area (Å²) in [6.45, 7) is 4.69. The molecule has 0 aliphatic carbocycles. The monoisotopic (exact) mass is 283 g/mol. The number of aryl methyl sites for hydroxylation is 1. The third-order valence-corrected chi connectivity index (χ3v) is 3.10. The van der Waals surface area contributed by atoms with E-state index >= 15 is 0 Å². The SMILES string of the molecule is CCN(/N=C/c1ccccc1[N+](=O)[O-])c1ccc(C)cc1. The lowest BCUT2D eigenvalue weighted by Gasteiger charge is -2.16. The van der Waals surface area contributed by atoms with Gasteiger partial charge in [-0.15, -0.1) is 0 Å². The predicted octanol–water partition coefficient (Wildman–Crippen LogP) is 3.76. The van der Waals surface area contributed by atoms with Gasteiger partial charge in [0.2, 0.25) is 0 Å². The van der Waals surface area contributed by atoms with Gasteiger partial charge in [-0.25, -0.2) is 0 Å². The van der Waals surface area contributed by atoms with Crippen LogP contribution in [-0.4, -0.2) is 17.7 Å². The van der Waals surface area contributed by atoms with Gasteiger partial charge in [0.25, 0.3) is 5.69 Å². The number of nitro groups is 1. The van der Waals surface area contributed by atoms with Gasteiger partial charge >= 0.3 is 0 Å². The van der Waals surface area contributed by atoms with Crippen LogP contribution >= 0.6 is 0 Å². The molecule has 0 bridgehead atoms. The third kappa shape index (κ3) is 3.66. The van der Waals surface area contributed by atoms with E-state index < -0.39 is 4.92 Å². The fourth-order valence-electron chi connectivity index (χ4n) is 1.94. The van der Waals surface area contributed by atoms with Crippen LogP contribution in [0.4, 0.5) is 11.4 Å². The number of hydrogen-bond acceptors (Lipinski definition) is 4. The Morgan fingerprint density at radius 3 is 2.48 bits per heavy atom. The summed E-state index contributed by atoms with van der Waals surface area (Å²) >= 11 is 0. The standard InChI is InChI=1S/C16H17N3O2/c1-3-18(15-10-8-13(2)9-11-15)17-12-14-6-4-5-7-16(14)19(20)21/h4-12H,3H2,1-2H3/b17-12+. The number of para-hydroxylation sites is 1. The van der Waals surface area contributed by atoms with Gasteiger partial charge in [0, 0.05) is 12.6 Å². The summed E-state index contributed by atoms with van der Waals surface area (Å²) in [7, 11) is 0. The molecule has 2 aromatic rings. The molecule has 0 unspecified atom stereocenters. The molecular weight excluding hydrogens is 266 g/mol. The van der Waals surface area contributed by atoms with Crippen molar-refractivity contribution in [3.8, 4) is 0 Å². The fourth-order valence-corrected chi connectivity index (χ4v) is 1.94. The first kappa shape index (κ1) is 14.7. The van der Waals surface area contributed by atoms with E-state index in [-0.39, 0.29) is 5.69 Å². The number of nitro benzene ring substituents is 1. The number of anilines is 1. The van der Waals surface area contributed by atoms with E-state index in [1.165, 1.54) is 17.8 Å². The Hall–Kier alpha value is -2.69. The predicted molar refractivity (Wildman–Crippen MR) is 84.9 cm³/mol. The van der Waals surface area contributed by atoms with Crippen LogP contribution in [0.1, 0.15) is 18.1 Å². The van der Waals surface area contributed by atoms with Crippen molar-refractivity contribution in [3.05, 3.63) is 69.8 Å². The smallest absolute Gasteiger partial charge is 0.266 e. The molecule has 0 radical (unpaired) electrons. The number of nitrogens with zero attached hydrogens (tertiary/aromatic N) is 3. The Morgan fingerprint density at radius 2 is 1.86 bits per heavy atom. The molecule has 0 atom stereocenters. The lowest BCUT2D eigenvalue weighted by molar-refractivity contribution is -0.385. The van der Waals surface area contributed by atoms with Crippen molar-refractivity contribution in [2.45, 2.75) is 13.8 Å². The highest BCUT2D eigenvalue weighted by molar-refractivity contribution is 5.85. The van der Waals surface area contributed by atoms with Crippen LogP contribution < -0.4 is 5.01 Å². The molecular formula is C16H17N3O2. The highest BCUT2D eigenvalue weighted by Crippen LogP contribution is 2.18. The van der Waals surface area contributed by atoms with E-state index in [1.54, 1.807) is 23.2 Å². The Bertz CT molecular complexity index is 651. The average molecular weight is 283 g/mol. The van der Waals surface area contributed by atoms with Crippen molar-refractivity contribution in [1.29, 1.82) is 0 Å². The molecule has 0 aliphatic rings. The molecule has 2 aromatic carbocycles. The Balaban J connectivity index is 2.26. The summed E-state index contributed by atoms with van der Waals surface area (Å²) in [5.41, 5.74) is 2.68. The number of hydrazone groups is 1.